The SMILES string of the molecule is CC(N)C1(N)CCCC1(C)C. The van der Waals surface area contributed by atoms with Crippen molar-refractivity contribution in [3.05, 3.63) is 0 Å². The molecule has 0 aromatic rings. The van der Waals surface area contributed by atoms with Gasteiger partial charge in [-0.25, -0.2) is 0 Å². The first-order valence-electron chi connectivity index (χ1n) is 4.45. The molecule has 1 aliphatic carbocycles. The molecule has 2 heteroatoms. The van der Waals surface area contributed by atoms with E-state index in [1.807, 2.05) is 6.92 Å². The summed E-state index contributed by atoms with van der Waals surface area (Å²) in [5, 5.41) is 0. The average Bonchev–Trinajstić information content (AvgIpc) is 2.09. The standard InChI is InChI=1S/C9H20N2/c1-7(10)9(11)6-4-5-8(9,2)3/h7H,4-6,10-11H2,1-3H3. The second-order valence-corrected chi connectivity index (χ2v) is 4.57. The van der Waals surface area contributed by atoms with Gasteiger partial charge in [-0.05, 0) is 25.2 Å². The summed E-state index contributed by atoms with van der Waals surface area (Å²) in [5.74, 6) is 0. The van der Waals surface area contributed by atoms with Gasteiger partial charge in [0.05, 0.1) is 0 Å². The summed E-state index contributed by atoms with van der Waals surface area (Å²) in [6.45, 7) is 6.47. The van der Waals surface area contributed by atoms with E-state index >= 15 is 0 Å². The summed E-state index contributed by atoms with van der Waals surface area (Å²) in [6.07, 6.45) is 3.52. The van der Waals surface area contributed by atoms with Gasteiger partial charge in [-0.1, -0.05) is 20.3 Å². The van der Waals surface area contributed by atoms with Gasteiger partial charge in [0.1, 0.15) is 0 Å². The minimum absolute atomic E-state index is 0.111. The van der Waals surface area contributed by atoms with Gasteiger partial charge in [0.25, 0.3) is 0 Å². The third-order valence-electron chi connectivity index (χ3n) is 3.46. The van der Waals surface area contributed by atoms with Crippen molar-refractivity contribution in [1.29, 1.82) is 0 Å². The molecule has 1 aliphatic rings. The topological polar surface area (TPSA) is 52.0 Å². The summed E-state index contributed by atoms with van der Waals surface area (Å²) < 4.78 is 0. The molecule has 2 unspecified atom stereocenters. The predicted octanol–water partition coefficient (Wildman–Crippen LogP) is 1.24. The van der Waals surface area contributed by atoms with Gasteiger partial charge in [0.2, 0.25) is 0 Å². The third kappa shape index (κ3) is 1.18. The van der Waals surface area contributed by atoms with Crippen LogP contribution in [0, 0.1) is 5.41 Å². The minimum Gasteiger partial charge on any atom is -0.326 e. The summed E-state index contributed by atoms with van der Waals surface area (Å²) >= 11 is 0. The van der Waals surface area contributed by atoms with E-state index in [-0.39, 0.29) is 17.0 Å². The van der Waals surface area contributed by atoms with Crippen LogP contribution in [0.2, 0.25) is 0 Å². The van der Waals surface area contributed by atoms with Crippen LogP contribution in [0.25, 0.3) is 0 Å². The molecule has 1 saturated carbocycles. The molecule has 0 heterocycles. The molecule has 0 aliphatic heterocycles. The number of hydrogen-bond acceptors (Lipinski definition) is 2. The average molecular weight is 156 g/mol. The van der Waals surface area contributed by atoms with Gasteiger partial charge >= 0.3 is 0 Å². The van der Waals surface area contributed by atoms with Gasteiger partial charge in [0.15, 0.2) is 0 Å². The third-order valence-corrected chi connectivity index (χ3v) is 3.46. The summed E-state index contributed by atoms with van der Waals surface area (Å²) in [6, 6.07) is 0.111. The fourth-order valence-electron chi connectivity index (χ4n) is 2.24. The van der Waals surface area contributed by atoms with Crippen LogP contribution in [-0.2, 0) is 0 Å². The van der Waals surface area contributed by atoms with Gasteiger partial charge in [-0.3, -0.25) is 0 Å². The summed E-state index contributed by atoms with van der Waals surface area (Å²) in [4.78, 5) is 0. The first-order chi connectivity index (χ1) is 4.90. The van der Waals surface area contributed by atoms with Crippen molar-refractivity contribution in [2.24, 2.45) is 16.9 Å². The quantitative estimate of drug-likeness (QED) is 0.600. The van der Waals surface area contributed by atoms with Crippen LogP contribution in [0.3, 0.4) is 0 Å². The molecular formula is C9H20N2. The zero-order valence-corrected chi connectivity index (χ0v) is 7.85. The van der Waals surface area contributed by atoms with E-state index in [1.165, 1.54) is 12.8 Å². The lowest BCUT2D eigenvalue weighted by Gasteiger charge is -2.41. The molecule has 2 nitrogen and oxygen atoms in total. The molecule has 1 rings (SSSR count). The highest BCUT2D eigenvalue weighted by molar-refractivity contribution is 5.07. The first-order valence-corrected chi connectivity index (χ1v) is 4.45. The highest BCUT2D eigenvalue weighted by Gasteiger charge is 2.47. The van der Waals surface area contributed by atoms with Crippen molar-refractivity contribution in [2.45, 2.75) is 51.6 Å². The lowest BCUT2D eigenvalue weighted by Crippen LogP contribution is -2.59. The minimum atomic E-state index is -0.132. The van der Waals surface area contributed by atoms with Crippen LogP contribution in [0.4, 0.5) is 0 Å². The largest absolute Gasteiger partial charge is 0.326 e. The van der Waals surface area contributed by atoms with E-state index in [1.54, 1.807) is 0 Å². The highest BCUT2D eigenvalue weighted by atomic mass is 14.9. The van der Waals surface area contributed by atoms with E-state index in [4.69, 9.17) is 11.5 Å². The smallest absolute Gasteiger partial charge is 0.0356 e. The lowest BCUT2D eigenvalue weighted by atomic mass is 9.72. The van der Waals surface area contributed by atoms with Crippen LogP contribution < -0.4 is 11.5 Å². The van der Waals surface area contributed by atoms with Crippen LogP contribution in [0.15, 0.2) is 0 Å². The van der Waals surface area contributed by atoms with Crippen molar-refractivity contribution >= 4 is 0 Å². The van der Waals surface area contributed by atoms with E-state index in [2.05, 4.69) is 13.8 Å². The van der Waals surface area contributed by atoms with Crippen LogP contribution >= 0.6 is 0 Å². The molecular weight excluding hydrogens is 136 g/mol. The van der Waals surface area contributed by atoms with E-state index in [0.29, 0.717) is 0 Å². The molecule has 0 aromatic heterocycles. The van der Waals surface area contributed by atoms with Crippen molar-refractivity contribution in [1.82, 2.24) is 0 Å². The molecule has 0 saturated heterocycles. The van der Waals surface area contributed by atoms with Crippen LogP contribution in [0.1, 0.15) is 40.0 Å². The van der Waals surface area contributed by atoms with Crippen molar-refractivity contribution in [2.75, 3.05) is 0 Å². The fourth-order valence-corrected chi connectivity index (χ4v) is 2.24. The summed E-state index contributed by atoms with van der Waals surface area (Å²) in [5.41, 5.74) is 12.2. The second kappa shape index (κ2) is 2.46. The molecule has 0 aromatic carbocycles. The lowest BCUT2D eigenvalue weighted by molar-refractivity contribution is 0.179. The fraction of sp³-hybridized carbons (Fsp3) is 1.00. The molecule has 1 fully saturated rings. The van der Waals surface area contributed by atoms with Crippen LogP contribution in [0.5, 0.6) is 0 Å². The van der Waals surface area contributed by atoms with E-state index < -0.39 is 0 Å². The Labute approximate surface area is 69.3 Å². The normalized spacial score (nSPS) is 39.0. The zero-order valence-electron chi connectivity index (χ0n) is 7.85. The van der Waals surface area contributed by atoms with Gasteiger partial charge in [-0.2, -0.15) is 0 Å². The van der Waals surface area contributed by atoms with Crippen molar-refractivity contribution in [3.8, 4) is 0 Å². The van der Waals surface area contributed by atoms with Crippen molar-refractivity contribution < 1.29 is 0 Å². The molecule has 0 bridgehead atoms. The number of rotatable bonds is 1. The Bertz CT molecular complexity index is 152. The second-order valence-electron chi connectivity index (χ2n) is 4.57. The predicted molar refractivity (Wildman–Crippen MR) is 48.2 cm³/mol. The summed E-state index contributed by atoms with van der Waals surface area (Å²) in [7, 11) is 0. The Hall–Kier alpha value is -0.0800. The molecule has 0 radical (unpaired) electrons. The Balaban J connectivity index is 2.84. The van der Waals surface area contributed by atoms with E-state index in [9.17, 15) is 0 Å². The molecule has 0 amide bonds. The van der Waals surface area contributed by atoms with Gasteiger partial charge in [-0.15, -0.1) is 0 Å². The Morgan fingerprint density at radius 2 is 1.82 bits per heavy atom. The Morgan fingerprint density at radius 1 is 1.27 bits per heavy atom. The van der Waals surface area contributed by atoms with E-state index in [0.717, 1.165) is 6.42 Å². The molecule has 11 heavy (non-hydrogen) atoms. The van der Waals surface area contributed by atoms with Gasteiger partial charge in [0, 0.05) is 11.6 Å². The number of nitrogens with two attached hydrogens (primary N) is 2. The molecule has 2 atom stereocenters. The monoisotopic (exact) mass is 156 g/mol. The first kappa shape index (κ1) is 9.01. The maximum atomic E-state index is 6.25. The Kier molecular flexibility index (Phi) is 2.01. The zero-order chi connectivity index (χ0) is 8.70. The van der Waals surface area contributed by atoms with Crippen molar-refractivity contribution in [3.63, 3.8) is 0 Å². The Morgan fingerprint density at radius 3 is 2.00 bits per heavy atom. The number of hydrogen-bond donors (Lipinski definition) is 2. The molecule has 0 spiro atoms. The van der Waals surface area contributed by atoms with Crippen LogP contribution in [-0.4, -0.2) is 11.6 Å². The molecule has 4 N–H and O–H groups in total. The molecule has 66 valence electrons. The van der Waals surface area contributed by atoms with Gasteiger partial charge < -0.3 is 11.5 Å². The maximum Gasteiger partial charge on any atom is 0.0356 e. The maximum absolute atomic E-state index is 6.25. The highest BCUT2D eigenvalue weighted by Crippen LogP contribution is 2.45.